The molecule has 162 valence electrons. The fourth-order valence-electron chi connectivity index (χ4n) is 5.21. The van der Waals surface area contributed by atoms with E-state index >= 15 is 0 Å². The van der Waals surface area contributed by atoms with E-state index in [1.807, 2.05) is 20.8 Å². The van der Waals surface area contributed by atoms with E-state index in [0.29, 0.717) is 44.5 Å². The molecule has 1 aromatic carbocycles. The van der Waals surface area contributed by atoms with Crippen LogP contribution in [-0.2, 0) is 14.4 Å². The van der Waals surface area contributed by atoms with Crippen LogP contribution < -0.4 is 4.74 Å². The summed E-state index contributed by atoms with van der Waals surface area (Å²) in [6.07, 6.45) is 2.64. The van der Waals surface area contributed by atoms with Gasteiger partial charge in [-0.15, -0.1) is 0 Å². The number of carbonyl (C=O) groups is 3. The van der Waals surface area contributed by atoms with Crippen molar-refractivity contribution >= 4 is 17.7 Å². The lowest BCUT2D eigenvalue weighted by molar-refractivity contribution is -0.170. The van der Waals surface area contributed by atoms with Gasteiger partial charge in [-0.3, -0.25) is 19.3 Å². The molecule has 2 heterocycles. The largest absolute Gasteiger partial charge is 0.490 e. The van der Waals surface area contributed by atoms with E-state index in [0.717, 1.165) is 0 Å². The van der Waals surface area contributed by atoms with Gasteiger partial charge in [0.15, 0.2) is 0 Å². The quantitative estimate of drug-likeness (QED) is 0.708. The summed E-state index contributed by atoms with van der Waals surface area (Å²) in [7, 11) is 0. The number of amides is 3. The summed E-state index contributed by atoms with van der Waals surface area (Å²) >= 11 is 0. The van der Waals surface area contributed by atoms with Gasteiger partial charge in [0, 0.05) is 31.8 Å². The summed E-state index contributed by atoms with van der Waals surface area (Å²) in [4.78, 5) is 41.8. The Hall–Kier alpha value is -2.44. The minimum atomic E-state index is -0.595. The normalized spacial score (nSPS) is 28.7. The van der Waals surface area contributed by atoms with Crippen LogP contribution in [0.5, 0.6) is 5.75 Å². The number of hydrogen-bond acceptors (Lipinski definition) is 4. The fourth-order valence-corrected chi connectivity index (χ4v) is 5.21. The zero-order chi connectivity index (χ0) is 21.7. The lowest BCUT2D eigenvalue weighted by atomic mass is 9.62. The van der Waals surface area contributed by atoms with Crippen molar-refractivity contribution in [3.63, 3.8) is 0 Å². The zero-order valence-corrected chi connectivity index (χ0v) is 17.8. The third kappa shape index (κ3) is 3.28. The van der Waals surface area contributed by atoms with Gasteiger partial charge in [-0.25, -0.2) is 4.39 Å². The Kier molecular flexibility index (Phi) is 5.11. The van der Waals surface area contributed by atoms with Crippen molar-refractivity contribution in [2.45, 2.75) is 52.6 Å². The summed E-state index contributed by atoms with van der Waals surface area (Å²) in [6, 6.07) is 5.90. The fraction of sp³-hybridized carbons (Fsp3) is 0.609. The summed E-state index contributed by atoms with van der Waals surface area (Å²) in [5.74, 6) is -0.522. The first-order valence-electron chi connectivity index (χ1n) is 10.7. The molecule has 3 aliphatic rings. The maximum Gasteiger partial charge on any atom is 0.242 e. The Morgan fingerprint density at radius 2 is 1.73 bits per heavy atom. The molecule has 0 unspecified atom stereocenters. The summed E-state index contributed by atoms with van der Waals surface area (Å²) in [6.45, 7) is 6.75. The van der Waals surface area contributed by atoms with Gasteiger partial charge in [-0.2, -0.15) is 0 Å². The highest BCUT2D eigenvalue weighted by atomic mass is 19.1. The smallest absolute Gasteiger partial charge is 0.242 e. The molecule has 30 heavy (non-hydrogen) atoms. The van der Waals surface area contributed by atoms with Gasteiger partial charge in [0.25, 0.3) is 0 Å². The molecule has 1 aromatic rings. The zero-order valence-electron chi connectivity index (χ0n) is 17.8. The van der Waals surface area contributed by atoms with E-state index in [1.54, 1.807) is 17.0 Å². The molecule has 3 fully saturated rings. The first-order valence-corrected chi connectivity index (χ1v) is 10.7. The number of carbonyl (C=O) groups excluding carboxylic acids is 3. The molecule has 2 aliphatic heterocycles. The second-order valence-corrected chi connectivity index (χ2v) is 9.53. The molecule has 2 bridgehead atoms. The summed E-state index contributed by atoms with van der Waals surface area (Å²) in [5.41, 5.74) is -0.974. The Morgan fingerprint density at radius 1 is 1.10 bits per heavy atom. The van der Waals surface area contributed by atoms with E-state index in [2.05, 4.69) is 0 Å². The van der Waals surface area contributed by atoms with Crippen molar-refractivity contribution in [3.05, 3.63) is 30.1 Å². The molecule has 1 saturated carbocycles. The molecule has 0 aromatic heterocycles. The molecule has 7 heteroatoms. The second kappa shape index (κ2) is 7.36. The van der Waals surface area contributed by atoms with Crippen LogP contribution in [-0.4, -0.2) is 53.3 Å². The first kappa shape index (κ1) is 20.8. The Labute approximate surface area is 176 Å². The molecule has 0 radical (unpaired) electrons. The van der Waals surface area contributed by atoms with Gasteiger partial charge < -0.3 is 9.64 Å². The molecular weight excluding hydrogens is 387 g/mol. The number of hydrogen-bond donors (Lipinski definition) is 0. The summed E-state index contributed by atoms with van der Waals surface area (Å²) in [5, 5.41) is 0. The molecular formula is C23H29FN2O4. The maximum absolute atomic E-state index is 13.1. The predicted octanol–water partition coefficient (Wildman–Crippen LogP) is 3.01. The van der Waals surface area contributed by atoms with Gasteiger partial charge in [0.05, 0.1) is 5.41 Å². The van der Waals surface area contributed by atoms with Crippen LogP contribution in [0.1, 0.15) is 46.5 Å². The van der Waals surface area contributed by atoms with Crippen molar-refractivity contribution < 1.29 is 23.5 Å². The van der Waals surface area contributed by atoms with Gasteiger partial charge in [0.2, 0.25) is 17.7 Å². The predicted molar refractivity (Wildman–Crippen MR) is 108 cm³/mol. The first-order chi connectivity index (χ1) is 14.1. The minimum absolute atomic E-state index is 0.0479. The number of likely N-dealkylation sites (tertiary alicyclic amines) is 2. The van der Waals surface area contributed by atoms with Gasteiger partial charge >= 0.3 is 0 Å². The van der Waals surface area contributed by atoms with Crippen LogP contribution in [0.15, 0.2) is 24.3 Å². The van der Waals surface area contributed by atoms with Crippen LogP contribution >= 0.6 is 0 Å². The van der Waals surface area contributed by atoms with E-state index in [-0.39, 0.29) is 47.5 Å². The highest BCUT2D eigenvalue weighted by Gasteiger charge is 2.64. The molecule has 4 rings (SSSR count). The Balaban J connectivity index is 1.34. The van der Waals surface area contributed by atoms with Gasteiger partial charge in [-0.1, -0.05) is 20.8 Å². The third-order valence-electron chi connectivity index (χ3n) is 7.71. The summed E-state index contributed by atoms with van der Waals surface area (Å²) < 4.78 is 18.9. The number of rotatable bonds is 4. The number of imide groups is 1. The number of nitrogens with zero attached hydrogens (tertiary/aromatic N) is 2. The third-order valence-corrected chi connectivity index (χ3v) is 7.71. The number of ether oxygens (including phenoxy) is 1. The average Bonchev–Trinajstić information content (AvgIpc) is 2.91. The Bertz CT molecular complexity index is 860. The van der Waals surface area contributed by atoms with Gasteiger partial charge in [-0.05, 0) is 42.5 Å². The number of fused-ring (bicyclic) bond motifs is 2. The molecule has 3 amide bonds. The second-order valence-electron chi connectivity index (χ2n) is 9.53. The Morgan fingerprint density at radius 3 is 2.37 bits per heavy atom. The number of halogens is 1. The van der Waals surface area contributed by atoms with Crippen LogP contribution in [0.4, 0.5) is 4.39 Å². The van der Waals surface area contributed by atoms with Crippen molar-refractivity contribution in [2.24, 2.45) is 16.7 Å². The molecule has 0 N–H and O–H groups in total. The van der Waals surface area contributed by atoms with E-state index in [9.17, 15) is 18.8 Å². The van der Waals surface area contributed by atoms with Crippen molar-refractivity contribution in [3.8, 4) is 5.75 Å². The number of piperidine rings is 2. The lowest BCUT2D eigenvalue weighted by Gasteiger charge is -2.47. The topological polar surface area (TPSA) is 66.9 Å². The maximum atomic E-state index is 13.1. The van der Waals surface area contributed by atoms with Crippen LogP contribution in [0.3, 0.4) is 0 Å². The molecule has 1 aliphatic carbocycles. The molecule has 6 nitrogen and oxygen atoms in total. The monoisotopic (exact) mass is 416 g/mol. The molecule has 0 spiro atoms. The number of benzene rings is 1. The highest BCUT2D eigenvalue weighted by Crippen LogP contribution is 2.59. The molecule has 2 saturated heterocycles. The van der Waals surface area contributed by atoms with E-state index < -0.39 is 5.41 Å². The van der Waals surface area contributed by atoms with Crippen LogP contribution in [0, 0.1) is 22.6 Å². The van der Waals surface area contributed by atoms with Crippen molar-refractivity contribution in [1.29, 1.82) is 0 Å². The molecule has 2 atom stereocenters. The SMILES string of the molecule is CC1(C)[C@@H]2CC[C@@]1(C)C(=O)N(CC(=O)N1CCC(Oc3ccc(F)cc3)CC1)C2=O. The highest BCUT2D eigenvalue weighted by molar-refractivity contribution is 6.06. The van der Waals surface area contributed by atoms with Crippen molar-refractivity contribution in [2.75, 3.05) is 19.6 Å². The standard InChI is InChI=1S/C23H29FN2O4/c1-22(2)18-8-11-23(22,3)21(29)26(20(18)28)14-19(27)25-12-9-17(10-13-25)30-16-6-4-15(24)5-7-16/h4-7,17-18H,8-14H2,1-3H3/t18-,23+/m1/s1. The minimum Gasteiger partial charge on any atom is -0.490 e. The van der Waals surface area contributed by atoms with E-state index in [1.165, 1.54) is 17.0 Å². The average molecular weight is 416 g/mol. The van der Waals surface area contributed by atoms with Crippen molar-refractivity contribution in [1.82, 2.24) is 9.80 Å². The van der Waals surface area contributed by atoms with Crippen LogP contribution in [0.2, 0.25) is 0 Å². The van der Waals surface area contributed by atoms with Crippen LogP contribution in [0.25, 0.3) is 0 Å². The van der Waals surface area contributed by atoms with E-state index in [4.69, 9.17) is 4.74 Å². The van der Waals surface area contributed by atoms with Gasteiger partial charge in [0.1, 0.15) is 24.2 Å². The lowest BCUT2D eigenvalue weighted by Crippen LogP contribution is -2.61.